The molecular formula is C22H28N2O5. The van der Waals surface area contributed by atoms with Gasteiger partial charge in [0.1, 0.15) is 13.2 Å². The minimum absolute atomic E-state index is 0.472. The van der Waals surface area contributed by atoms with Gasteiger partial charge in [0.15, 0.2) is 0 Å². The number of rotatable bonds is 0. The molecule has 2 unspecified atom stereocenters. The fourth-order valence-electron chi connectivity index (χ4n) is 3.64. The molecule has 4 bridgehead atoms. The third-order valence-corrected chi connectivity index (χ3v) is 5.35. The third kappa shape index (κ3) is 5.65. The van der Waals surface area contributed by atoms with Crippen molar-refractivity contribution in [2.75, 3.05) is 52.9 Å². The van der Waals surface area contributed by atoms with Gasteiger partial charge in [0.2, 0.25) is 11.8 Å². The lowest BCUT2D eigenvalue weighted by atomic mass is 9.67. The molecule has 2 aromatic heterocycles. The largest absolute Gasteiger partial charge is 0.475 e. The zero-order valence-electron chi connectivity index (χ0n) is 16.6. The van der Waals surface area contributed by atoms with E-state index in [0.29, 0.717) is 76.5 Å². The Bertz CT molecular complexity index is 674. The van der Waals surface area contributed by atoms with Gasteiger partial charge in [-0.3, -0.25) is 0 Å². The monoisotopic (exact) mass is 400 g/mol. The van der Waals surface area contributed by atoms with E-state index in [1.54, 1.807) is 0 Å². The Kier molecular flexibility index (Phi) is 7.28. The summed E-state index contributed by atoms with van der Waals surface area (Å²) in [6.45, 7) is 4.09. The highest BCUT2D eigenvalue weighted by Crippen LogP contribution is 2.48. The van der Waals surface area contributed by atoms with Crippen molar-refractivity contribution in [3.63, 3.8) is 0 Å². The van der Waals surface area contributed by atoms with Gasteiger partial charge in [-0.15, -0.1) is 0 Å². The summed E-state index contributed by atoms with van der Waals surface area (Å²) >= 11 is 0. The summed E-state index contributed by atoms with van der Waals surface area (Å²) in [5.74, 6) is 2.21. The maximum absolute atomic E-state index is 5.66. The molecule has 2 atom stereocenters. The SMILES string of the molecule is c1cc2ncc1C1CCC1c1ccc(nc1)OCCOCCOCCOCCO2. The van der Waals surface area contributed by atoms with Crippen molar-refractivity contribution in [1.82, 2.24) is 9.97 Å². The summed E-state index contributed by atoms with van der Waals surface area (Å²) < 4.78 is 27.8. The molecule has 156 valence electrons. The summed E-state index contributed by atoms with van der Waals surface area (Å²) in [6.07, 6.45) is 6.19. The smallest absolute Gasteiger partial charge is 0.213 e. The Hall–Kier alpha value is -2.22. The first kappa shape index (κ1) is 20.1. The van der Waals surface area contributed by atoms with E-state index in [1.807, 2.05) is 24.5 Å². The minimum atomic E-state index is 0.472. The maximum Gasteiger partial charge on any atom is 0.213 e. The Morgan fingerprint density at radius 2 is 0.966 bits per heavy atom. The summed E-state index contributed by atoms with van der Waals surface area (Å²) in [4.78, 5) is 8.92. The second-order valence-corrected chi connectivity index (χ2v) is 7.18. The molecule has 4 aliphatic rings. The van der Waals surface area contributed by atoms with Crippen LogP contribution in [0, 0.1) is 0 Å². The molecule has 0 spiro atoms. The number of ether oxygens (including phenoxy) is 5. The van der Waals surface area contributed by atoms with Gasteiger partial charge in [0.05, 0.1) is 39.6 Å². The quantitative estimate of drug-likeness (QED) is 0.673. The molecule has 0 saturated heterocycles. The van der Waals surface area contributed by atoms with Crippen LogP contribution < -0.4 is 9.47 Å². The number of pyridine rings is 2. The van der Waals surface area contributed by atoms with Crippen LogP contribution >= 0.6 is 0 Å². The van der Waals surface area contributed by atoms with Crippen LogP contribution in [0.2, 0.25) is 0 Å². The summed E-state index contributed by atoms with van der Waals surface area (Å²) in [5, 5.41) is 0. The average Bonchev–Trinajstić information content (AvgIpc) is 2.72. The van der Waals surface area contributed by atoms with E-state index in [2.05, 4.69) is 22.1 Å². The number of hydrogen-bond donors (Lipinski definition) is 0. The third-order valence-electron chi connectivity index (χ3n) is 5.35. The number of fused-ring (bicyclic) bond motifs is 2. The molecule has 1 fully saturated rings. The second-order valence-electron chi connectivity index (χ2n) is 7.18. The number of nitrogens with zero attached hydrogens (tertiary/aromatic N) is 2. The topological polar surface area (TPSA) is 71.9 Å². The molecule has 0 radical (unpaired) electrons. The van der Waals surface area contributed by atoms with Crippen molar-refractivity contribution < 1.29 is 23.7 Å². The molecule has 3 aliphatic heterocycles. The molecule has 7 heteroatoms. The molecule has 2 aromatic rings. The van der Waals surface area contributed by atoms with Crippen LogP contribution in [-0.4, -0.2) is 62.8 Å². The van der Waals surface area contributed by atoms with E-state index < -0.39 is 0 Å². The lowest BCUT2D eigenvalue weighted by Crippen LogP contribution is -2.22. The zero-order valence-corrected chi connectivity index (χ0v) is 16.6. The molecule has 0 aromatic carbocycles. The van der Waals surface area contributed by atoms with Crippen molar-refractivity contribution in [2.45, 2.75) is 24.7 Å². The fraction of sp³-hybridized carbons (Fsp3) is 0.545. The lowest BCUT2D eigenvalue weighted by molar-refractivity contribution is 0.00460. The Balaban J connectivity index is 1.39. The van der Waals surface area contributed by atoms with Gasteiger partial charge in [0.25, 0.3) is 0 Å². The highest BCUT2D eigenvalue weighted by molar-refractivity contribution is 5.32. The van der Waals surface area contributed by atoms with E-state index in [9.17, 15) is 0 Å². The number of hydrogen-bond acceptors (Lipinski definition) is 7. The molecule has 0 N–H and O–H groups in total. The van der Waals surface area contributed by atoms with E-state index in [0.717, 1.165) is 12.8 Å². The van der Waals surface area contributed by atoms with Gasteiger partial charge in [-0.25, -0.2) is 9.97 Å². The first-order valence-corrected chi connectivity index (χ1v) is 10.3. The Labute approximate surface area is 171 Å². The average molecular weight is 400 g/mol. The van der Waals surface area contributed by atoms with Gasteiger partial charge >= 0.3 is 0 Å². The van der Waals surface area contributed by atoms with Crippen LogP contribution in [0.1, 0.15) is 35.8 Å². The van der Waals surface area contributed by atoms with Crippen LogP contribution in [0.25, 0.3) is 0 Å². The van der Waals surface area contributed by atoms with Gasteiger partial charge < -0.3 is 23.7 Å². The van der Waals surface area contributed by atoms with Crippen molar-refractivity contribution >= 4 is 0 Å². The summed E-state index contributed by atoms with van der Waals surface area (Å²) in [6, 6.07) is 8.12. The van der Waals surface area contributed by atoms with Gasteiger partial charge in [0, 0.05) is 24.5 Å². The minimum Gasteiger partial charge on any atom is -0.475 e. The highest BCUT2D eigenvalue weighted by Gasteiger charge is 2.33. The van der Waals surface area contributed by atoms with Gasteiger partial charge in [-0.2, -0.15) is 0 Å². The maximum atomic E-state index is 5.66. The van der Waals surface area contributed by atoms with Crippen molar-refractivity contribution in [3.05, 3.63) is 47.8 Å². The van der Waals surface area contributed by atoms with E-state index in [-0.39, 0.29) is 0 Å². The van der Waals surface area contributed by atoms with Gasteiger partial charge in [-0.1, -0.05) is 12.1 Å². The fourth-order valence-corrected chi connectivity index (χ4v) is 3.64. The van der Waals surface area contributed by atoms with Crippen molar-refractivity contribution in [3.8, 4) is 11.8 Å². The molecular weight excluding hydrogens is 372 g/mol. The molecule has 1 aliphatic carbocycles. The van der Waals surface area contributed by atoms with Crippen LogP contribution in [0.4, 0.5) is 0 Å². The van der Waals surface area contributed by atoms with Crippen molar-refractivity contribution in [1.29, 1.82) is 0 Å². The van der Waals surface area contributed by atoms with Crippen LogP contribution in [0.3, 0.4) is 0 Å². The Morgan fingerprint density at radius 1 is 0.552 bits per heavy atom. The van der Waals surface area contributed by atoms with Crippen LogP contribution in [-0.2, 0) is 14.2 Å². The molecule has 1 saturated carbocycles. The van der Waals surface area contributed by atoms with E-state index in [4.69, 9.17) is 23.7 Å². The second kappa shape index (κ2) is 10.5. The molecule has 29 heavy (non-hydrogen) atoms. The molecule has 7 nitrogen and oxygen atoms in total. The molecule has 6 rings (SSSR count). The summed E-state index contributed by atoms with van der Waals surface area (Å²) in [7, 11) is 0. The lowest BCUT2D eigenvalue weighted by Gasteiger charge is -2.37. The first-order chi connectivity index (χ1) is 14.4. The zero-order chi connectivity index (χ0) is 19.7. The standard InChI is InChI=1S/C22H28N2O5/c1-5-21-23-15-17(1)19-3-4-20(19)18-2-6-22(24-16-18)29-14-12-27-10-8-25-7-9-26-11-13-28-21/h1-2,5-6,15-16,19-20H,3-4,7-14H2. The van der Waals surface area contributed by atoms with Crippen LogP contribution in [0.15, 0.2) is 36.7 Å². The number of aromatic nitrogens is 2. The first-order valence-electron chi connectivity index (χ1n) is 10.3. The molecule has 0 amide bonds. The Morgan fingerprint density at radius 3 is 1.31 bits per heavy atom. The predicted octanol–water partition coefficient (Wildman–Crippen LogP) is 2.96. The van der Waals surface area contributed by atoms with Crippen LogP contribution in [0.5, 0.6) is 11.8 Å². The normalized spacial score (nSPS) is 24.0. The predicted molar refractivity (Wildman–Crippen MR) is 107 cm³/mol. The van der Waals surface area contributed by atoms with Crippen molar-refractivity contribution in [2.24, 2.45) is 0 Å². The van der Waals surface area contributed by atoms with E-state index in [1.165, 1.54) is 11.1 Å². The molecule has 5 heterocycles. The highest BCUT2D eigenvalue weighted by atomic mass is 16.6. The van der Waals surface area contributed by atoms with E-state index >= 15 is 0 Å². The summed E-state index contributed by atoms with van der Waals surface area (Å²) in [5.41, 5.74) is 2.50. The van der Waals surface area contributed by atoms with Gasteiger partial charge in [-0.05, 0) is 35.8 Å².